The summed E-state index contributed by atoms with van der Waals surface area (Å²) in [7, 11) is 0. The largest absolute Gasteiger partial charge is 0.394 e. The predicted octanol–water partition coefficient (Wildman–Crippen LogP) is 0.637. The molecule has 0 aromatic heterocycles. The summed E-state index contributed by atoms with van der Waals surface area (Å²) in [5.74, 6) is -0.0714. The zero-order valence-electron chi connectivity index (χ0n) is 10.2. The summed E-state index contributed by atoms with van der Waals surface area (Å²) < 4.78 is 0. The molecule has 0 saturated heterocycles. The minimum atomic E-state index is -0.510. The standard InChI is InChI=1S/C11H24N2O2/c1-5-11(6-2,7-14)13-10(15)9(12)8(3)4/h8-9,14H,5-7,12H2,1-4H3,(H,13,15). The number of aliphatic hydroxyl groups excluding tert-OH is 1. The second-order valence-electron chi connectivity index (χ2n) is 4.40. The first kappa shape index (κ1) is 14.4. The Morgan fingerprint density at radius 3 is 2.13 bits per heavy atom. The molecule has 90 valence electrons. The van der Waals surface area contributed by atoms with E-state index in [2.05, 4.69) is 5.32 Å². The van der Waals surface area contributed by atoms with Gasteiger partial charge in [0.1, 0.15) is 0 Å². The van der Waals surface area contributed by atoms with Crippen LogP contribution in [0.3, 0.4) is 0 Å². The number of carbonyl (C=O) groups excluding carboxylic acids is 1. The lowest BCUT2D eigenvalue weighted by Crippen LogP contribution is -2.56. The zero-order valence-corrected chi connectivity index (χ0v) is 10.2. The van der Waals surface area contributed by atoms with Crippen LogP contribution in [0, 0.1) is 5.92 Å². The molecular weight excluding hydrogens is 192 g/mol. The van der Waals surface area contributed by atoms with E-state index in [-0.39, 0.29) is 18.4 Å². The van der Waals surface area contributed by atoms with E-state index < -0.39 is 11.6 Å². The number of nitrogens with two attached hydrogens (primary N) is 1. The van der Waals surface area contributed by atoms with Crippen LogP contribution in [-0.4, -0.2) is 29.2 Å². The first-order valence-corrected chi connectivity index (χ1v) is 5.61. The van der Waals surface area contributed by atoms with Gasteiger partial charge < -0.3 is 16.2 Å². The molecule has 0 heterocycles. The highest BCUT2D eigenvalue weighted by atomic mass is 16.3. The summed E-state index contributed by atoms with van der Waals surface area (Å²) in [5, 5.41) is 12.1. The number of hydrogen-bond donors (Lipinski definition) is 3. The van der Waals surface area contributed by atoms with E-state index in [0.717, 1.165) is 0 Å². The van der Waals surface area contributed by atoms with Crippen molar-refractivity contribution in [3.8, 4) is 0 Å². The maximum atomic E-state index is 11.7. The Labute approximate surface area is 92.2 Å². The molecule has 0 aliphatic heterocycles. The Hall–Kier alpha value is -0.610. The molecule has 0 bridgehead atoms. The third-order valence-electron chi connectivity index (χ3n) is 3.07. The third-order valence-corrected chi connectivity index (χ3v) is 3.07. The second kappa shape index (κ2) is 6.08. The van der Waals surface area contributed by atoms with E-state index in [9.17, 15) is 9.90 Å². The van der Waals surface area contributed by atoms with E-state index in [0.29, 0.717) is 12.8 Å². The van der Waals surface area contributed by atoms with Crippen molar-refractivity contribution in [1.29, 1.82) is 0 Å². The molecule has 1 amide bonds. The molecule has 0 spiro atoms. The monoisotopic (exact) mass is 216 g/mol. The number of rotatable bonds is 6. The summed E-state index contributed by atoms with van der Waals surface area (Å²) in [6.07, 6.45) is 1.41. The normalized spacial score (nSPS) is 14.1. The highest BCUT2D eigenvalue weighted by Crippen LogP contribution is 2.14. The Morgan fingerprint density at radius 1 is 1.40 bits per heavy atom. The van der Waals surface area contributed by atoms with Crippen LogP contribution in [-0.2, 0) is 4.79 Å². The Bertz CT molecular complexity index is 192. The van der Waals surface area contributed by atoms with Gasteiger partial charge in [-0.2, -0.15) is 0 Å². The molecule has 1 atom stereocenters. The molecule has 0 fully saturated rings. The van der Waals surface area contributed by atoms with Crippen molar-refractivity contribution >= 4 is 5.91 Å². The molecule has 0 radical (unpaired) electrons. The molecule has 0 aromatic carbocycles. The molecular formula is C11H24N2O2. The fourth-order valence-electron chi connectivity index (χ4n) is 1.34. The molecule has 4 nitrogen and oxygen atoms in total. The van der Waals surface area contributed by atoms with Crippen LogP contribution in [0.1, 0.15) is 40.5 Å². The minimum absolute atomic E-state index is 0.0451. The summed E-state index contributed by atoms with van der Waals surface area (Å²) in [5.41, 5.74) is 5.23. The number of carbonyl (C=O) groups is 1. The van der Waals surface area contributed by atoms with Gasteiger partial charge in [0.25, 0.3) is 0 Å². The molecule has 1 unspecified atom stereocenters. The van der Waals surface area contributed by atoms with E-state index in [1.165, 1.54) is 0 Å². The molecule has 0 aliphatic carbocycles. The van der Waals surface area contributed by atoms with Crippen molar-refractivity contribution < 1.29 is 9.90 Å². The van der Waals surface area contributed by atoms with Gasteiger partial charge in [0.2, 0.25) is 5.91 Å². The molecule has 0 aliphatic rings. The van der Waals surface area contributed by atoms with Crippen LogP contribution in [0.25, 0.3) is 0 Å². The van der Waals surface area contributed by atoms with Gasteiger partial charge in [0.05, 0.1) is 18.2 Å². The van der Waals surface area contributed by atoms with Gasteiger partial charge >= 0.3 is 0 Å². The van der Waals surface area contributed by atoms with Gasteiger partial charge in [-0.25, -0.2) is 0 Å². The number of hydrogen-bond acceptors (Lipinski definition) is 3. The van der Waals surface area contributed by atoms with Crippen molar-refractivity contribution in [3.63, 3.8) is 0 Å². The number of aliphatic hydroxyl groups is 1. The van der Waals surface area contributed by atoms with E-state index in [1.54, 1.807) is 0 Å². The van der Waals surface area contributed by atoms with Crippen molar-refractivity contribution in [1.82, 2.24) is 5.32 Å². The van der Waals surface area contributed by atoms with Crippen LogP contribution >= 0.6 is 0 Å². The fraction of sp³-hybridized carbons (Fsp3) is 0.909. The van der Waals surface area contributed by atoms with Gasteiger partial charge in [-0.05, 0) is 18.8 Å². The van der Waals surface area contributed by atoms with Gasteiger partial charge in [-0.3, -0.25) is 4.79 Å². The summed E-state index contributed by atoms with van der Waals surface area (Å²) in [6.45, 7) is 7.66. The third kappa shape index (κ3) is 3.80. The van der Waals surface area contributed by atoms with Crippen LogP contribution in [0.4, 0.5) is 0 Å². The molecule has 0 aromatic rings. The first-order chi connectivity index (χ1) is 6.92. The fourth-order valence-corrected chi connectivity index (χ4v) is 1.34. The Morgan fingerprint density at radius 2 is 1.87 bits per heavy atom. The van der Waals surface area contributed by atoms with E-state index in [1.807, 2.05) is 27.7 Å². The molecule has 4 N–H and O–H groups in total. The van der Waals surface area contributed by atoms with E-state index >= 15 is 0 Å². The minimum Gasteiger partial charge on any atom is -0.394 e. The molecule has 4 heteroatoms. The zero-order chi connectivity index (χ0) is 12.1. The van der Waals surface area contributed by atoms with E-state index in [4.69, 9.17) is 5.73 Å². The number of nitrogens with one attached hydrogen (secondary N) is 1. The average Bonchev–Trinajstić information content (AvgIpc) is 2.24. The summed E-state index contributed by atoms with van der Waals surface area (Å²) >= 11 is 0. The maximum Gasteiger partial charge on any atom is 0.237 e. The molecule has 0 rings (SSSR count). The van der Waals surface area contributed by atoms with Crippen LogP contribution in [0.2, 0.25) is 0 Å². The molecule has 0 saturated carbocycles. The second-order valence-corrected chi connectivity index (χ2v) is 4.40. The van der Waals surface area contributed by atoms with Gasteiger partial charge in [-0.15, -0.1) is 0 Å². The number of amides is 1. The van der Waals surface area contributed by atoms with Gasteiger partial charge in [0.15, 0.2) is 0 Å². The Balaban J connectivity index is 4.48. The molecule has 15 heavy (non-hydrogen) atoms. The SMILES string of the molecule is CCC(CC)(CO)NC(=O)C(N)C(C)C. The van der Waals surface area contributed by atoms with Crippen molar-refractivity contribution in [3.05, 3.63) is 0 Å². The average molecular weight is 216 g/mol. The lowest BCUT2D eigenvalue weighted by molar-refractivity contribution is -0.126. The van der Waals surface area contributed by atoms with Crippen molar-refractivity contribution in [2.45, 2.75) is 52.1 Å². The van der Waals surface area contributed by atoms with Crippen LogP contribution < -0.4 is 11.1 Å². The van der Waals surface area contributed by atoms with Crippen molar-refractivity contribution in [2.75, 3.05) is 6.61 Å². The lowest BCUT2D eigenvalue weighted by Gasteiger charge is -2.32. The quantitative estimate of drug-likeness (QED) is 0.610. The summed E-state index contributed by atoms with van der Waals surface area (Å²) in [4.78, 5) is 11.7. The lowest BCUT2D eigenvalue weighted by atomic mass is 9.92. The van der Waals surface area contributed by atoms with Crippen LogP contribution in [0.15, 0.2) is 0 Å². The highest BCUT2D eigenvalue weighted by molar-refractivity contribution is 5.82. The highest BCUT2D eigenvalue weighted by Gasteiger charge is 2.29. The maximum absolute atomic E-state index is 11.7. The van der Waals surface area contributed by atoms with Gasteiger partial charge in [0, 0.05) is 0 Å². The topological polar surface area (TPSA) is 75.3 Å². The smallest absolute Gasteiger partial charge is 0.237 e. The van der Waals surface area contributed by atoms with Crippen molar-refractivity contribution in [2.24, 2.45) is 11.7 Å². The van der Waals surface area contributed by atoms with Crippen LogP contribution in [0.5, 0.6) is 0 Å². The van der Waals surface area contributed by atoms with Gasteiger partial charge in [-0.1, -0.05) is 27.7 Å². The first-order valence-electron chi connectivity index (χ1n) is 5.61. The Kier molecular flexibility index (Phi) is 5.83. The predicted molar refractivity (Wildman–Crippen MR) is 61.4 cm³/mol. The summed E-state index contributed by atoms with van der Waals surface area (Å²) in [6, 6.07) is -0.506.